The molecule has 1 aliphatic rings. The van der Waals surface area contributed by atoms with Gasteiger partial charge in [0.25, 0.3) is 5.91 Å². The molecule has 0 spiro atoms. The summed E-state index contributed by atoms with van der Waals surface area (Å²) < 4.78 is 24.0. The maximum absolute atomic E-state index is 13.8. The Bertz CT molecular complexity index is 597. The molecule has 1 fully saturated rings. The van der Waals surface area contributed by atoms with Crippen molar-refractivity contribution in [1.29, 1.82) is 5.26 Å². The molecule has 7 heteroatoms. The Balaban J connectivity index is 2.03. The smallest absolute Gasteiger partial charge is 0.254 e. The van der Waals surface area contributed by atoms with Crippen molar-refractivity contribution in [3.8, 4) is 11.8 Å². The van der Waals surface area contributed by atoms with Gasteiger partial charge in [-0.3, -0.25) is 9.69 Å². The zero-order valence-electron chi connectivity index (χ0n) is 13.8. The third-order valence-electron chi connectivity index (χ3n) is 3.97. The van der Waals surface area contributed by atoms with Crippen LogP contribution in [0.5, 0.6) is 5.75 Å². The molecule has 0 bridgehead atoms. The van der Waals surface area contributed by atoms with E-state index in [1.165, 1.54) is 19.2 Å². The number of nitriles is 1. The van der Waals surface area contributed by atoms with Crippen LogP contribution in [0, 0.1) is 17.1 Å². The Morgan fingerprint density at radius 3 is 2.79 bits per heavy atom. The molecule has 0 aliphatic carbocycles. The van der Waals surface area contributed by atoms with Crippen molar-refractivity contribution < 1.29 is 18.7 Å². The largest absolute Gasteiger partial charge is 0.494 e. The number of methoxy groups -OCH3 is 1. The van der Waals surface area contributed by atoms with Crippen molar-refractivity contribution in [3.05, 3.63) is 29.6 Å². The highest BCUT2D eigenvalue weighted by atomic mass is 19.1. The summed E-state index contributed by atoms with van der Waals surface area (Å²) in [6, 6.07) is 6.20. The number of hydrogen-bond donors (Lipinski definition) is 0. The number of carbonyl (C=O) groups excluding carboxylic acids is 1. The first-order valence-corrected chi connectivity index (χ1v) is 7.95. The fraction of sp³-hybridized carbons (Fsp3) is 0.529. The summed E-state index contributed by atoms with van der Waals surface area (Å²) in [5, 5.41) is 8.81. The van der Waals surface area contributed by atoms with Crippen LogP contribution in [-0.4, -0.2) is 68.8 Å². The third kappa shape index (κ3) is 4.91. The van der Waals surface area contributed by atoms with Crippen LogP contribution in [-0.2, 0) is 4.74 Å². The van der Waals surface area contributed by atoms with Crippen LogP contribution >= 0.6 is 0 Å². The molecule has 0 radical (unpaired) electrons. The Kier molecular flexibility index (Phi) is 6.97. The highest BCUT2D eigenvalue weighted by molar-refractivity contribution is 5.94. The first-order chi connectivity index (χ1) is 11.7. The van der Waals surface area contributed by atoms with Crippen molar-refractivity contribution in [2.45, 2.75) is 6.42 Å². The van der Waals surface area contributed by atoms with Crippen molar-refractivity contribution >= 4 is 5.91 Å². The minimum absolute atomic E-state index is 0.100. The average molecular weight is 335 g/mol. The Morgan fingerprint density at radius 1 is 1.42 bits per heavy atom. The van der Waals surface area contributed by atoms with E-state index in [-0.39, 0.29) is 23.6 Å². The molecule has 0 saturated carbocycles. The van der Waals surface area contributed by atoms with E-state index in [0.717, 1.165) is 13.1 Å². The van der Waals surface area contributed by atoms with E-state index in [1.54, 1.807) is 11.0 Å². The van der Waals surface area contributed by atoms with Crippen LogP contribution < -0.4 is 4.74 Å². The highest BCUT2D eigenvalue weighted by Crippen LogP contribution is 2.19. The van der Waals surface area contributed by atoms with E-state index in [1.807, 2.05) is 0 Å². The van der Waals surface area contributed by atoms with E-state index >= 15 is 0 Å². The number of nitrogens with zero attached hydrogens (tertiary/aromatic N) is 3. The fourth-order valence-electron chi connectivity index (χ4n) is 2.57. The molecule has 1 amide bonds. The molecular formula is C17H22FN3O3. The second kappa shape index (κ2) is 9.21. The normalized spacial score (nSPS) is 14.9. The molecule has 130 valence electrons. The van der Waals surface area contributed by atoms with Crippen molar-refractivity contribution in [2.24, 2.45) is 0 Å². The van der Waals surface area contributed by atoms with E-state index in [4.69, 9.17) is 14.7 Å². The molecule has 1 heterocycles. The number of carbonyl (C=O) groups is 1. The lowest BCUT2D eigenvalue weighted by Gasteiger charge is -2.30. The number of amides is 1. The van der Waals surface area contributed by atoms with Crippen LogP contribution in [0.4, 0.5) is 4.39 Å². The van der Waals surface area contributed by atoms with Crippen LogP contribution in [0.3, 0.4) is 0 Å². The molecule has 0 N–H and O–H groups in total. The van der Waals surface area contributed by atoms with Gasteiger partial charge in [0.15, 0.2) is 11.6 Å². The summed E-state index contributed by atoms with van der Waals surface area (Å²) in [4.78, 5) is 16.5. The predicted octanol–water partition coefficient (Wildman–Crippen LogP) is 1.52. The Hall–Kier alpha value is -2.17. The quantitative estimate of drug-likeness (QED) is 0.756. The fourth-order valence-corrected chi connectivity index (χ4v) is 2.57. The topological polar surface area (TPSA) is 65.8 Å². The number of ether oxygens (including phenoxy) is 2. The molecule has 1 aromatic rings. The van der Waals surface area contributed by atoms with E-state index in [9.17, 15) is 9.18 Å². The third-order valence-corrected chi connectivity index (χ3v) is 3.97. The molecule has 0 aromatic heterocycles. The second-order valence-corrected chi connectivity index (χ2v) is 5.50. The molecular weight excluding hydrogens is 313 g/mol. The van der Waals surface area contributed by atoms with Crippen LogP contribution in [0.1, 0.15) is 16.8 Å². The number of halogens is 1. The predicted molar refractivity (Wildman–Crippen MR) is 86.3 cm³/mol. The number of morpholine rings is 1. The molecule has 2 rings (SSSR count). The van der Waals surface area contributed by atoms with Gasteiger partial charge in [0.05, 0.1) is 32.8 Å². The Labute approximate surface area is 141 Å². The number of rotatable bonds is 7. The van der Waals surface area contributed by atoms with Gasteiger partial charge in [-0.05, 0) is 18.2 Å². The lowest BCUT2D eigenvalue weighted by atomic mass is 10.1. The summed E-state index contributed by atoms with van der Waals surface area (Å²) >= 11 is 0. The standard InChI is InChI=1S/C17H22FN3O3/c1-23-16-4-3-14(13-15(16)18)17(22)21(6-2-5-19)8-7-20-9-11-24-12-10-20/h3-4,13H,2,6-12H2,1H3. The van der Waals surface area contributed by atoms with Gasteiger partial charge in [0, 0.05) is 38.3 Å². The lowest BCUT2D eigenvalue weighted by Crippen LogP contribution is -2.43. The van der Waals surface area contributed by atoms with E-state index < -0.39 is 5.82 Å². The van der Waals surface area contributed by atoms with E-state index in [0.29, 0.717) is 32.8 Å². The molecule has 0 unspecified atom stereocenters. The van der Waals surface area contributed by atoms with Crippen LogP contribution in [0.15, 0.2) is 18.2 Å². The van der Waals surface area contributed by atoms with Crippen molar-refractivity contribution in [1.82, 2.24) is 9.80 Å². The Morgan fingerprint density at radius 2 is 2.17 bits per heavy atom. The monoisotopic (exact) mass is 335 g/mol. The molecule has 6 nitrogen and oxygen atoms in total. The average Bonchev–Trinajstić information content (AvgIpc) is 2.62. The van der Waals surface area contributed by atoms with Crippen LogP contribution in [0.25, 0.3) is 0 Å². The zero-order chi connectivity index (χ0) is 17.4. The molecule has 0 atom stereocenters. The summed E-state index contributed by atoms with van der Waals surface area (Å²) in [5.74, 6) is -0.750. The van der Waals surface area contributed by atoms with Gasteiger partial charge in [0.1, 0.15) is 0 Å². The summed E-state index contributed by atoms with van der Waals surface area (Å²) in [6.07, 6.45) is 0.244. The first kappa shape index (κ1) is 18.2. The van der Waals surface area contributed by atoms with E-state index in [2.05, 4.69) is 11.0 Å². The molecule has 1 aliphatic heterocycles. The summed E-state index contributed by atoms with van der Waals surface area (Å²) in [7, 11) is 1.38. The second-order valence-electron chi connectivity index (χ2n) is 5.50. The van der Waals surface area contributed by atoms with Crippen molar-refractivity contribution in [3.63, 3.8) is 0 Å². The maximum atomic E-state index is 13.8. The minimum Gasteiger partial charge on any atom is -0.494 e. The van der Waals surface area contributed by atoms with Gasteiger partial charge in [-0.1, -0.05) is 0 Å². The summed E-state index contributed by atoms with van der Waals surface area (Å²) in [5.41, 5.74) is 0.258. The molecule has 24 heavy (non-hydrogen) atoms. The zero-order valence-corrected chi connectivity index (χ0v) is 13.8. The van der Waals surface area contributed by atoms with Gasteiger partial charge in [-0.2, -0.15) is 5.26 Å². The lowest BCUT2D eigenvalue weighted by molar-refractivity contribution is 0.0326. The SMILES string of the molecule is COc1ccc(C(=O)N(CCC#N)CCN2CCOCC2)cc1F. The number of benzene rings is 1. The minimum atomic E-state index is -0.572. The first-order valence-electron chi connectivity index (χ1n) is 7.95. The van der Waals surface area contributed by atoms with Crippen molar-refractivity contribution in [2.75, 3.05) is 53.0 Å². The maximum Gasteiger partial charge on any atom is 0.254 e. The highest BCUT2D eigenvalue weighted by Gasteiger charge is 2.19. The van der Waals surface area contributed by atoms with Crippen LogP contribution in [0.2, 0.25) is 0 Å². The van der Waals surface area contributed by atoms with Gasteiger partial charge in [0.2, 0.25) is 0 Å². The molecule has 1 saturated heterocycles. The number of hydrogen-bond acceptors (Lipinski definition) is 5. The van der Waals surface area contributed by atoms with Gasteiger partial charge in [-0.15, -0.1) is 0 Å². The van der Waals surface area contributed by atoms with Gasteiger partial charge in [-0.25, -0.2) is 4.39 Å². The van der Waals surface area contributed by atoms with Gasteiger partial charge < -0.3 is 14.4 Å². The summed E-state index contributed by atoms with van der Waals surface area (Å²) in [6.45, 7) is 4.57. The molecule has 1 aromatic carbocycles. The van der Waals surface area contributed by atoms with Gasteiger partial charge >= 0.3 is 0 Å².